The lowest BCUT2D eigenvalue weighted by atomic mass is 9.76. The van der Waals surface area contributed by atoms with Gasteiger partial charge < -0.3 is 14.7 Å². The van der Waals surface area contributed by atoms with Gasteiger partial charge in [-0.05, 0) is 258 Å². The highest BCUT2D eigenvalue weighted by atomic mass is 15.5. The maximum Gasteiger partial charge on any atom is 0.233 e. The second-order valence-electron chi connectivity index (χ2n) is 31.7. The van der Waals surface area contributed by atoms with Crippen molar-refractivity contribution >= 4 is 17.8 Å². The number of aromatic nitrogens is 3. The van der Waals surface area contributed by atoms with Crippen LogP contribution in [0.3, 0.4) is 0 Å². The molecule has 0 bridgehead atoms. The van der Waals surface area contributed by atoms with Gasteiger partial charge in [-0.25, -0.2) is 0 Å². The summed E-state index contributed by atoms with van der Waals surface area (Å²) in [4.78, 5) is 44.5. The van der Waals surface area contributed by atoms with Gasteiger partial charge in [0.2, 0.25) is 17.8 Å². The van der Waals surface area contributed by atoms with Crippen LogP contribution < -0.4 is 14.7 Å². The quantitative estimate of drug-likeness (QED) is 0.157. The number of likely N-dealkylation sites (tertiary alicyclic amines) is 5. The first-order valence-electron chi connectivity index (χ1n) is 29.6. The molecule has 5 aliphatic heterocycles. The lowest BCUT2D eigenvalue weighted by molar-refractivity contribution is -0.0451. The van der Waals surface area contributed by atoms with Crippen LogP contribution in [0.5, 0.6) is 0 Å². The molecule has 1 aromatic rings. The van der Waals surface area contributed by atoms with E-state index in [4.69, 9.17) is 15.0 Å². The van der Waals surface area contributed by atoms with Gasteiger partial charge in [0.15, 0.2) is 0 Å². The van der Waals surface area contributed by atoms with Crippen LogP contribution in [0.1, 0.15) is 222 Å². The number of unbranched alkanes of at least 4 members (excludes halogenated alkanes) is 1. The molecule has 0 saturated carbocycles. The van der Waals surface area contributed by atoms with Crippen molar-refractivity contribution in [2.75, 3.05) is 83.9 Å². The van der Waals surface area contributed by atoms with Gasteiger partial charge in [0.05, 0.1) is 13.3 Å². The third-order valence-corrected chi connectivity index (χ3v) is 21.9. The third kappa shape index (κ3) is 12.4. The molecule has 13 heteroatoms. The minimum absolute atomic E-state index is 0.000875. The van der Waals surface area contributed by atoms with E-state index >= 15 is 0 Å². The molecule has 74 heavy (non-hydrogen) atoms. The highest BCUT2D eigenvalue weighted by molar-refractivity contribution is 5.49. The van der Waals surface area contributed by atoms with Crippen LogP contribution in [0.25, 0.3) is 0 Å². The predicted molar refractivity (Wildman–Crippen MR) is 317 cm³/mol. The van der Waals surface area contributed by atoms with Crippen LogP contribution >= 0.6 is 0 Å². The average molecular weight is 1030 g/mol. The molecule has 5 aliphatic rings. The maximum absolute atomic E-state index is 6.02. The van der Waals surface area contributed by atoms with Gasteiger partial charge in [0.1, 0.15) is 0 Å². The summed E-state index contributed by atoms with van der Waals surface area (Å²) in [5, 5.41) is 0. The van der Waals surface area contributed by atoms with Gasteiger partial charge in [-0.15, -0.1) is 0 Å². The molecular weight excluding hydrogens is 915 g/mol. The zero-order valence-electron chi connectivity index (χ0n) is 53.8. The van der Waals surface area contributed by atoms with Gasteiger partial charge in [-0.3, -0.25) is 34.3 Å². The number of hydrogen-bond donors (Lipinski definition) is 0. The summed E-state index contributed by atoms with van der Waals surface area (Å²) >= 11 is 0. The van der Waals surface area contributed by atoms with E-state index in [0.717, 1.165) is 115 Å². The first-order valence-corrected chi connectivity index (χ1v) is 29.6. The van der Waals surface area contributed by atoms with Crippen molar-refractivity contribution < 1.29 is 0 Å². The topological polar surface area (TPSA) is 71.1 Å². The Morgan fingerprint density at radius 2 is 0.527 bits per heavy atom. The summed E-state index contributed by atoms with van der Waals surface area (Å²) in [5.41, 5.74) is 0.112. The molecule has 5 saturated heterocycles. The van der Waals surface area contributed by atoms with E-state index in [2.05, 4.69) is 244 Å². The summed E-state index contributed by atoms with van der Waals surface area (Å²) in [5.74, 6) is 2.55. The monoisotopic (exact) mass is 1030 g/mol. The Labute approximate surface area is 457 Å². The van der Waals surface area contributed by atoms with E-state index in [1.54, 1.807) is 0 Å². The van der Waals surface area contributed by atoms with Crippen molar-refractivity contribution in [3.63, 3.8) is 0 Å². The molecular formula is C61H119N13. The molecule has 1 aromatic heterocycles. The van der Waals surface area contributed by atoms with Crippen molar-refractivity contribution in [1.82, 2.24) is 49.3 Å². The number of nitrogens with zero attached hydrogens (tertiary/aromatic N) is 13. The Morgan fingerprint density at radius 1 is 0.338 bits per heavy atom. The molecule has 0 atom stereocenters. The molecule has 0 aliphatic carbocycles. The summed E-state index contributed by atoms with van der Waals surface area (Å²) in [7, 11) is 16.5. The number of piperidine rings is 5. The van der Waals surface area contributed by atoms with Gasteiger partial charge in [0, 0.05) is 92.1 Å². The Bertz CT molecular complexity index is 1870. The fourth-order valence-corrected chi connectivity index (χ4v) is 15.8. The fourth-order valence-electron chi connectivity index (χ4n) is 15.8. The zero-order valence-corrected chi connectivity index (χ0v) is 53.8. The van der Waals surface area contributed by atoms with Crippen LogP contribution in [0.4, 0.5) is 17.8 Å². The van der Waals surface area contributed by atoms with Gasteiger partial charge in [0.25, 0.3) is 0 Å². The highest BCUT2D eigenvalue weighted by Crippen LogP contribution is 2.46. The SMILES string of the molecule is CCCCN(c1nc(N(CN(C)C2CC(C)(C)N(C)C(C)(C)C2)C2CC(C)(C)N(C)C(C)(C)C2)nc(N(CN(C)C2CC(C)(C)N(C)C(C)(C)C2)C2CC(C)(C)N(C)C(C)(C)C2)n1)C1CC(C)(C)N(C)C(C)(C)C1. The van der Waals surface area contributed by atoms with E-state index in [9.17, 15) is 0 Å². The van der Waals surface area contributed by atoms with Crippen molar-refractivity contribution in [3.8, 4) is 0 Å². The highest BCUT2D eigenvalue weighted by Gasteiger charge is 2.52. The molecule has 13 nitrogen and oxygen atoms in total. The standard InChI is InChI=1S/C61H119N13/c1-29-30-31-72(46-36-56(10,11)69(26)57(12,13)37-46)49-62-50(73(47-38-58(14,15)70(27)59(16,17)39-47)42-65(22)44-32-52(2,3)67(24)53(4,5)33-44)64-51(63-49)74(48-40-60(18,19)71(28)61(20,21)41-48)43-66(23)45-34-54(6,7)68(25)55(8,9)35-45/h44-48H,29-43H2,1-28H3. The van der Waals surface area contributed by atoms with Crippen LogP contribution in [-0.4, -0.2) is 204 Å². The van der Waals surface area contributed by atoms with E-state index in [-0.39, 0.29) is 73.5 Å². The molecule has 0 amide bonds. The van der Waals surface area contributed by atoms with E-state index in [0.29, 0.717) is 12.1 Å². The Hall–Kier alpha value is -1.87. The third-order valence-electron chi connectivity index (χ3n) is 21.9. The van der Waals surface area contributed by atoms with E-state index in [1.807, 2.05) is 0 Å². The normalized spacial score (nSPS) is 28.0. The molecule has 5 fully saturated rings. The minimum atomic E-state index is -0.0342. The van der Waals surface area contributed by atoms with Crippen molar-refractivity contribution in [2.24, 2.45) is 0 Å². The molecule has 428 valence electrons. The largest absolute Gasteiger partial charge is 0.338 e. The van der Waals surface area contributed by atoms with Crippen LogP contribution in [0, 0.1) is 0 Å². The van der Waals surface area contributed by atoms with Crippen molar-refractivity contribution in [2.45, 2.75) is 308 Å². The lowest BCUT2D eigenvalue weighted by Crippen LogP contribution is -2.65. The number of hydrogen-bond acceptors (Lipinski definition) is 13. The molecule has 0 N–H and O–H groups in total. The molecule has 0 spiro atoms. The lowest BCUT2D eigenvalue weighted by Gasteiger charge is -2.57. The number of anilines is 3. The second kappa shape index (κ2) is 20.7. The second-order valence-corrected chi connectivity index (χ2v) is 31.7. The summed E-state index contributed by atoms with van der Waals surface area (Å²) < 4.78 is 0. The average Bonchev–Trinajstić information content (AvgIpc) is 3.24. The number of rotatable bonds is 15. The van der Waals surface area contributed by atoms with Crippen molar-refractivity contribution in [3.05, 3.63) is 0 Å². The minimum Gasteiger partial charge on any atom is -0.338 e. The summed E-state index contributed by atoms with van der Waals surface area (Å²) in [6.45, 7) is 53.8. The fraction of sp³-hybridized carbons (Fsp3) is 0.951. The molecule has 6 heterocycles. The summed E-state index contributed by atoms with van der Waals surface area (Å²) in [6, 6.07) is 1.48. The Kier molecular flexibility index (Phi) is 17.1. The van der Waals surface area contributed by atoms with Crippen LogP contribution in [0.2, 0.25) is 0 Å². The Morgan fingerprint density at radius 3 is 0.743 bits per heavy atom. The molecule has 0 radical (unpaired) electrons. The van der Waals surface area contributed by atoms with Gasteiger partial charge in [-0.1, -0.05) is 13.3 Å². The van der Waals surface area contributed by atoms with Crippen LogP contribution in [0.15, 0.2) is 0 Å². The van der Waals surface area contributed by atoms with Crippen LogP contribution in [-0.2, 0) is 0 Å². The van der Waals surface area contributed by atoms with E-state index < -0.39 is 0 Å². The molecule has 0 unspecified atom stereocenters. The van der Waals surface area contributed by atoms with Gasteiger partial charge >= 0.3 is 0 Å². The predicted octanol–water partition coefficient (Wildman–Crippen LogP) is 11.1. The Balaban J connectivity index is 1.62. The molecule has 6 rings (SSSR count). The maximum atomic E-state index is 6.02. The van der Waals surface area contributed by atoms with Crippen molar-refractivity contribution in [1.29, 1.82) is 0 Å². The molecule has 0 aromatic carbocycles. The van der Waals surface area contributed by atoms with Gasteiger partial charge in [-0.2, -0.15) is 15.0 Å². The zero-order chi connectivity index (χ0) is 56.1. The summed E-state index contributed by atoms with van der Waals surface area (Å²) in [6.07, 6.45) is 12.8. The smallest absolute Gasteiger partial charge is 0.233 e. The first-order chi connectivity index (χ1) is 33.4. The first kappa shape index (κ1) is 61.3. The van der Waals surface area contributed by atoms with E-state index in [1.165, 1.54) is 0 Å².